The van der Waals surface area contributed by atoms with Crippen LogP contribution in [0.3, 0.4) is 0 Å². The van der Waals surface area contributed by atoms with Crippen molar-refractivity contribution in [3.8, 4) is 22.8 Å². The third-order valence-electron chi connectivity index (χ3n) is 3.51. The molecule has 3 rings (SSSR count). The Kier molecular flexibility index (Phi) is 5.80. The minimum Gasteiger partial charge on any atom is -0.490 e. The zero-order valence-corrected chi connectivity index (χ0v) is 15.4. The third kappa shape index (κ3) is 4.18. The lowest BCUT2D eigenvalue weighted by molar-refractivity contribution is 0.102. The minimum absolute atomic E-state index is 0.246. The van der Waals surface area contributed by atoms with E-state index >= 15 is 0 Å². The van der Waals surface area contributed by atoms with E-state index in [1.165, 1.54) is 11.3 Å². The molecule has 0 unspecified atom stereocenters. The maximum atomic E-state index is 12.5. The molecule has 0 aliphatic carbocycles. The number of nitrogens with one attached hydrogen (secondary N) is 1. The fraction of sp³-hybridized carbons (Fsp3) is 0.211. The number of amides is 1. The highest BCUT2D eigenvalue weighted by Gasteiger charge is 2.13. The first-order chi connectivity index (χ1) is 12.7. The standard InChI is InChI=1S/C19H19N3O3S/c1-3-24-16-6-5-14(11-17(16)25-4-2)18(23)22-19-21-15(12-26-19)13-7-9-20-10-8-13/h5-12H,3-4H2,1-2H3,(H,21,22,23). The van der Waals surface area contributed by atoms with Crippen LogP contribution in [0.1, 0.15) is 24.2 Å². The van der Waals surface area contributed by atoms with Crippen LogP contribution >= 0.6 is 11.3 Å². The minimum atomic E-state index is -0.246. The van der Waals surface area contributed by atoms with Gasteiger partial charge in [0, 0.05) is 28.9 Å². The quantitative estimate of drug-likeness (QED) is 0.674. The van der Waals surface area contributed by atoms with Crippen LogP contribution in [0.25, 0.3) is 11.3 Å². The fourth-order valence-corrected chi connectivity index (χ4v) is 3.06. The number of rotatable bonds is 7. The van der Waals surface area contributed by atoms with Gasteiger partial charge in [0.2, 0.25) is 0 Å². The summed E-state index contributed by atoms with van der Waals surface area (Å²) in [7, 11) is 0. The summed E-state index contributed by atoms with van der Waals surface area (Å²) < 4.78 is 11.1. The molecule has 0 saturated carbocycles. The highest BCUT2D eigenvalue weighted by Crippen LogP contribution is 2.29. The molecule has 0 aliphatic heterocycles. The Balaban J connectivity index is 1.76. The van der Waals surface area contributed by atoms with E-state index in [2.05, 4.69) is 15.3 Å². The van der Waals surface area contributed by atoms with Crippen molar-refractivity contribution in [2.24, 2.45) is 0 Å². The summed E-state index contributed by atoms with van der Waals surface area (Å²) in [6.45, 7) is 4.81. The van der Waals surface area contributed by atoms with Gasteiger partial charge in [0.25, 0.3) is 5.91 Å². The molecule has 0 bridgehead atoms. The van der Waals surface area contributed by atoms with E-state index in [0.717, 1.165) is 11.3 Å². The highest BCUT2D eigenvalue weighted by atomic mass is 32.1. The molecule has 0 fully saturated rings. The van der Waals surface area contributed by atoms with E-state index in [4.69, 9.17) is 9.47 Å². The zero-order chi connectivity index (χ0) is 18.4. The fourth-order valence-electron chi connectivity index (χ4n) is 2.35. The predicted molar refractivity (Wildman–Crippen MR) is 102 cm³/mol. The molecule has 1 aromatic carbocycles. The monoisotopic (exact) mass is 369 g/mol. The number of anilines is 1. The van der Waals surface area contributed by atoms with Crippen LogP contribution < -0.4 is 14.8 Å². The Morgan fingerprint density at radius 1 is 1.08 bits per heavy atom. The van der Waals surface area contributed by atoms with Gasteiger partial charge in [-0.1, -0.05) is 0 Å². The second-order valence-corrected chi connectivity index (χ2v) is 6.11. The molecule has 0 aliphatic rings. The molecule has 0 radical (unpaired) electrons. The van der Waals surface area contributed by atoms with Gasteiger partial charge in [-0.15, -0.1) is 11.3 Å². The van der Waals surface area contributed by atoms with Crippen molar-refractivity contribution < 1.29 is 14.3 Å². The number of hydrogen-bond acceptors (Lipinski definition) is 6. The summed E-state index contributed by atoms with van der Waals surface area (Å²) in [6.07, 6.45) is 3.42. The van der Waals surface area contributed by atoms with Crippen molar-refractivity contribution in [3.05, 3.63) is 53.7 Å². The summed E-state index contributed by atoms with van der Waals surface area (Å²) in [5.41, 5.74) is 2.24. The zero-order valence-electron chi connectivity index (χ0n) is 14.6. The third-order valence-corrected chi connectivity index (χ3v) is 4.26. The van der Waals surface area contributed by atoms with E-state index in [1.807, 2.05) is 31.4 Å². The molecule has 6 nitrogen and oxygen atoms in total. The molecule has 7 heteroatoms. The number of nitrogens with zero attached hydrogens (tertiary/aromatic N) is 2. The Labute approximate surface area is 155 Å². The lowest BCUT2D eigenvalue weighted by Gasteiger charge is -2.12. The Hall–Kier alpha value is -2.93. The van der Waals surface area contributed by atoms with Crippen LogP contribution in [0.4, 0.5) is 5.13 Å². The second kappa shape index (κ2) is 8.44. The number of aromatic nitrogens is 2. The van der Waals surface area contributed by atoms with E-state index in [9.17, 15) is 4.79 Å². The van der Waals surface area contributed by atoms with Crippen LogP contribution in [-0.4, -0.2) is 29.1 Å². The van der Waals surface area contributed by atoms with Gasteiger partial charge >= 0.3 is 0 Å². The Bertz CT molecular complexity index is 881. The largest absolute Gasteiger partial charge is 0.490 e. The van der Waals surface area contributed by atoms with Crippen molar-refractivity contribution in [2.75, 3.05) is 18.5 Å². The van der Waals surface area contributed by atoms with Crippen molar-refractivity contribution >= 4 is 22.4 Å². The summed E-state index contributed by atoms with van der Waals surface area (Å²) in [4.78, 5) is 21.0. The van der Waals surface area contributed by atoms with E-state index in [-0.39, 0.29) is 5.91 Å². The summed E-state index contributed by atoms with van der Waals surface area (Å²) >= 11 is 1.37. The average Bonchev–Trinajstić information content (AvgIpc) is 3.13. The smallest absolute Gasteiger partial charge is 0.257 e. The first-order valence-corrected chi connectivity index (χ1v) is 9.16. The molecular formula is C19H19N3O3S. The van der Waals surface area contributed by atoms with E-state index in [0.29, 0.717) is 35.4 Å². The number of thiazole rings is 1. The molecular weight excluding hydrogens is 350 g/mol. The number of ether oxygens (including phenoxy) is 2. The summed E-state index contributed by atoms with van der Waals surface area (Å²) in [5, 5.41) is 5.26. The van der Waals surface area contributed by atoms with Gasteiger partial charge in [-0.3, -0.25) is 15.1 Å². The van der Waals surface area contributed by atoms with Gasteiger partial charge in [0.1, 0.15) is 0 Å². The summed E-state index contributed by atoms with van der Waals surface area (Å²) in [6, 6.07) is 8.89. The number of benzene rings is 1. The molecule has 2 aromatic heterocycles. The van der Waals surface area contributed by atoms with Crippen molar-refractivity contribution in [1.82, 2.24) is 9.97 Å². The molecule has 1 amide bonds. The SMILES string of the molecule is CCOc1ccc(C(=O)Nc2nc(-c3ccncc3)cs2)cc1OCC. The first kappa shape index (κ1) is 17.9. The van der Waals surface area contributed by atoms with Crippen LogP contribution in [0.2, 0.25) is 0 Å². The lowest BCUT2D eigenvalue weighted by atomic mass is 10.2. The second-order valence-electron chi connectivity index (χ2n) is 5.26. The molecule has 1 N–H and O–H groups in total. The average molecular weight is 369 g/mol. The van der Waals surface area contributed by atoms with Crippen molar-refractivity contribution in [2.45, 2.75) is 13.8 Å². The lowest BCUT2D eigenvalue weighted by Crippen LogP contribution is -2.12. The Morgan fingerprint density at radius 3 is 2.54 bits per heavy atom. The van der Waals surface area contributed by atoms with Gasteiger partial charge in [-0.25, -0.2) is 4.98 Å². The van der Waals surface area contributed by atoms with Crippen LogP contribution in [-0.2, 0) is 0 Å². The Morgan fingerprint density at radius 2 is 1.81 bits per heavy atom. The first-order valence-electron chi connectivity index (χ1n) is 8.28. The van der Waals surface area contributed by atoms with Crippen molar-refractivity contribution in [1.29, 1.82) is 0 Å². The molecule has 0 atom stereocenters. The van der Waals surface area contributed by atoms with Gasteiger partial charge in [0.05, 0.1) is 18.9 Å². The number of carbonyl (C=O) groups is 1. The van der Waals surface area contributed by atoms with Gasteiger partial charge in [-0.2, -0.15) is 0 Å². The topological polar surface area (TPSA) is 73.3 Å². The number of hydrogen-bond donors (Lipinski definition) is 1. The normalized spacial score (nSPS) is 10.4. The highest BCUT2D eigenvalue weighted by molar-refractivity contribution is 7.14. The number of carbonyl (C=O) groups excluding carboxylic acids is 1. The molecule has 134 valence electrons. The molecule has 0 spiro atoms. The van der Waals surface area contributed by atoms with Crippen LogP contribution in [0, 0.1) is 0 Å². The summed E-state index contributed by atoms with van der Waals surface area (Å²) in [5.74, 6) is 0.934. The maximum absolute atomic E-state index is 12.5. The number of pyridine rings is 1. The van der Waals surface area contributed by atoms with Crippen molar-refractivity contribution in [3.63, 3.8) is 0 Å². The maximum Gasteiger partial charge on any atom is 0.257 e. The molecule has 2 heterocycles. The van der Waals surface area contributed by atoms with Crippen LogP contribution in [0.5, 0.6) is 11.5 Å². The predicted octanol–water partition coefficient (Wildman–Crippen LogP) is 4.25. The molecule has 3 aromatic rings. The van der Waals surface area contributed by atoms with Gasteiger partial charge < -0.3 is 9.47 Å². The van der Waals surface area contributed by atoms with E-state index in [1.54, 1.807) is 30.6 Å². The molecule has 0 saturated heterocycles. The van der Waals surface area contributed by atoms with E-state index < -0.39 is 0 Å². The van der Waals surface area contributed by atoms with Crippen LogP contribution in [0.15, 0.2) is 48.1 Å². The molecule has 26 heavy (non-hydrogen) atoms. The van der Waals surface area contributed by atoms with Gasteiger partial charge in [-0.05, 0) is 44.2 Å². The van der Waals surface area contributed by atoms with Gasteiger partial charge in [0.15, 0.2) is 16.6 Å².